The fraction of sp³-hybridized carbons (Fsp3) is 0.167. The molecule has 0 unspecified atom stereocenters. The molecule has 1 amide bonds. The van der Waals surface area contributed by atoms with Crippen LogP contribution >= 0.6 is 0 Å². The van der Waals surface area contributed by atoms with Crippen molar-refractivity contribution in [3.05, 3.63) is 90.3 Å². The second-order valence-electron chi connectivity index (χ2n) is 7.52. The van der Waals surface area contributed by atoms with Crippen LogP contribution in [0.1, 0.15) is 11.4 Å². The summed E-state index contributed by atoms with van der Waals surface area (Å²) in [6.07, 6.45) is 1.15. The van der Waals surface area contributed by atoms with Gasteiger partial charge in [0.25, 0.3) is 0 Å². The average Bonchev–Trinajstić information content (AvgIpc) is 3.09. The fourth-order valence-corrected chi connectivity index (χ4v) is 4.06. The number of carbonyl (C=O) groups excluding carboxylic acids is 1. The fourth-order valence-electron chi connectivity index (χ4n) is 3.37. The first-order chi connectivity index (χ1) is 15.4. The number of hydrogen-bond donors (Lipinski definition) is 1. The van der Waals surface area contributed by atoms with Gasteiger partial charge in [-0.1, -0.05) is 42.5 Å². The van der Waals surface area contributed by atoms with Crippen molar-refractivity contribution in [1.82, 2.24) is 9.55 Å². The molecular formula is C24H23N3O4S. The van der Waals surface area contributed by atoms with Crippen LogP contribution in [-0.4, -0.2) is 30.1 Å². The molecule has 0 bridgehead atoms. The maximum Gasteiger partial charge on any atom is 0.244 e. The molecular weight excluding hydrogens is 426 g/mol. The van der Waals surface area contributed by atoms with Gasteiger partial charge in [0.05, 0.1) is 11.0 Å². The second kappa shape index (κ2) is 9.23. The molecule has 0 aliphatic carbocycles. The van der Waals surface area contributed by atoms with Crippen molar-refractivity contribution in [3.8, 4) is 5.75 Å². The Morgan fingerprint density at radius 2 is 1.66 bits per heavy atom. The summed E-state index contributed by atoms with van der Waals surface area (Å²) in [6, 6.07) is 24.2. The van der Waals surface area contributed by atoms with Crippen molar-refractivity contribution in [1.29, 1.82) is 0 Å². The minimum absolute atomic E-state index is 0.0440. The summed E-state index contributed by atoms with van der Waals surface area (Å²) in [5.41, 5.74) is 3.06. The number of nitrogens with zero attached hydrogens (tertiary/aromatic N) is 2. The Morgan fingerprint density at radius 3 is 2.38 bits per heavy atom. The smallest absolute Gasteiger partial charge is 0.244 e. The Bertz CT molecular complexity index is 1330. The maximum atomic E-state index is 12.7. The van der Waals surface area contributed by atoms with E-state index in [1.807, 2.05) is 48.5 Å². The van der Waals surface area contributed by atoms with Crippen LogP contribution in [-0.2, 0) is 33.5 Å². The van der Waals surface area contributed by atoms with E-state index in [9.17, 15) is 13.2 Å². The highest BCUT2D eigenvalue weighted by Crippen LogP contribution is 2.20. The van der Waals surface area contributed by atoms with Gasteiger partial charge in [-0.3, -0.25) is 4.79 Å². The highest BCUT2D eigenvalue weighted by molar-refractivity contribution is 7.89. The molecule has 3 aromatic carbocycles. The van der Waals surface area contributed by atoms with E-state index in [4.69, 9.17) is 4.74 Å². The van der Waals surface area contributed by atoms with Crippen molar-refractivity contribution in [3.63, 3.8) is 0 Å². The molecule has 1 aromatic heterocycles. The van der Waals surface area contributed by atoms with Crippen molar-refractivity contribution < 1.29 is 17.9 Å². The first-order valence-corrected chi connectivity index (χ1v) is 12.1. The lowest BCUT2D eigenvalue weighted by molar-refractivity contribution is -0.116. The summed E-state index contributed by atoms with van der Waals surface area (Å²) in [5, 5.41) is 2.84. The number of sulfone groups is 1. The summed E-state index contributed by atoms with van der Waals surface area (Å²) < 4.78 is 31.0. The van der Waals surface area contributed by atoms with Gasteiger partial charge < -0.3 is 14.6 Å². The molecule has 0 aliphatic rings. The van der Waals surface area contributed by atoms with Crippen LogP contribution in [0.25, 0.3) is 11.0 Å². The van der Waals surface area contributed by atoms with Gasteiger partial charge in [-0.15, -0.1) is 0 Å². The van der Waals surface area contributed by atoms with Crippen LogP contribution in [0, 0.1) is 0 Å². The molecule has 0 atom stereocenters. The van der Waals surface area contributed by atoms with E-state index in [1.54, 1.807) is 34.9 Å². The third-order valence-corrected chi connectivity index (χ3v) is 5.60. The lowest BCUT2D eigenvalue weighted by atomic mass is 10.2. The predicted octanol–water partition coefficient (Wildman–Crippen LogP) is 3.80. The quantitative estimate of drug-likeness (QED) is 0.442. The number of hydrogen-bond acceptors (Lipinski definition) is 5. The Morgan fingerprint density at radius 1 is 0.969 bits per heavy atom. The normalized spacial score (nSPS) is 11.4. The highest BCUT2D eigenvalue weighted by Gasteiger charge is 2.17. The molecule has 8 heteroatoms. The third kappa shape index (κ3) is 5.53. The highest BCUT2D eigenvalue weighted by atomic mass is 32.2. The molecule has 0 fully saturated rings. The standard InChI is InChI=1S/C24H23N3O4S/c1-32(29,30)17-23-26-21-9-5-6-10-22(21)27(23)15-24(28)25-19-11-13-20(14-12-19)31-16-18-7-3-2-4-8-18/h2-14H,15-17H2,1H3,(H,25,28). The number of para-hydroxylation sites is 2. The predicted molar refractivity (Wildman–Crippen MR) is 124 cm³/mol. The summed E-state index contributed by atoms with van der Waals surface area (Å²) in [4.78, 5) is 17.1. The van der Waals surface area contributed by atoms with E-state index in [1.165, 1.54) is 0 Å². The molecule has 1 N–H and O–H groups in total. The summed E-state index contributed by atoms with van der Waals surface area (Å²) in [6.45, 7) is 0.418. The van der Waals surface area contributed by atoms with E-state index in [2.05, 4.69) is 10.3 Å². The average molecular weight is 450 g/mol. The second-order valence-corrected chi connectivity index (χ2v) is 9.66. The van der Waals surface area contributed by atoms with Crippen LogP contribution in [0.15, 0.2) is 78.9 Å². The molecule has 0 saturated carbocycles. The van der Waals surface area contributed by atoms with Gasteiger partial charge in [0, 0.05) is 11.9 Å². The molecule has 1 heterocycles. The van der Waals surface area contributed by atoms with Gasteiger partial charge in [-0.2, -0.15) is 0 Å². The van der Waals surface area contributed by atoms with Crippen LogP contribution in [0.4, 0.5) is 5.69 Å². The lowest BCUT2D eigenvalue weighted by Gasteiger charge is -2.11. The number of carbonyl (C=O) groups is 1. The summed E-state index contributed by atoms with van der Waals surface area (Å²) in [5.74, 6) is 0.528. The number of anilines is 1. The molecule has 7 nitrogen and oxygen atoms in total. The molecule has 4 rings (SSSR count). The minimum atomic E-state index is -3.30. The molecule has 32 heavy (non-hydrogen) atoms. The number of fused-ring (bicyclic) bond motifs is 1. The minimum Gasteiger partial charge on any atom is -0.489 e. The largest absolute Gasteiger partial charge is 0.489 e. The molecule has 0 saturated heterocycles. The van der Waals surface area contributed by atoms with Crippen LogP contribution in [0.3, 0.4) is 0 Å². The van der Waals surface area contributed by atoms with E-state index in [0.717, 1.165) is 11.8 Å². The van der Waals surface area contributed by atoms with Crippen LogP contribution in [0.5, 0.6) is 5.75 Å². The van der Waals surface area contributed by atoms with Gasteiger partial charge in [0.1, 0.15) is 30.5 Å². The van der Waals surface area contributed by atoms with Crippen molar-refractivity contribution in [2.45, 2.75) is 18.9 Å². The van der Waals surface area contributed by atoms with E-state index in [0.29, 0.717) is 34.9 Å². The van der Waals surface area contributed by atoms with E-state index < -0.39 is 9.84 Å². The van der Waals surface area contributed by atoms with Gasteiger partial charge in [-0.05, 0) is 42.0 Å². The number of amides is 1. The first kappa shape index (κ1) is 21.6. The maximum absolute atomic E-state index is 12.7. The topological polar surface area (TPSA) is 90.3 Å². The van der Waals surface area contributed by atoms with Gasteiger partial charge in [0.15, 0.2) is 9.84 Å². The van der Waals surface area contributed by atoms with Gasteiger partial charge >= 0.3 is 0 Å². The monoisotopic (exact) mass is 449 g/mol. The zero-order valence-electron chi connectivity index (χ0n) is 17.6. The molecule has 0 aliphatic heterocycles. The van der Waals surface area contributed by atoms with Crippen molar-refractivity contribution in [2.24, 2.45) is 0 Å². The zero-order chi connectivity index (χ0) is 22.6. The number of aromatic nitrogens is 2. The Balaban J connectivity index is 1.43. The summed E-state index contributed by atoms with van der Waals surface area (Å²) in [7, 11) is -3.30. The molecule has 4 aromatic rings. The number of nitrogens with one attached hydrogen (secondary N) is 1. The van der Waals surface area contributed by atoms with Crippen molar-refractivity contribution in [2.75, 3.05) is 11.6 Å². The number of imidazole rings is 1. The Kier molecular flexibility index (Phi) is 6.23. The lowest BCUT2D eigenvalue weighted by Crippen LogP contribution is -2.21. The molecule has 0 spiro atoms. The SMILES string of the molecule is CS(=O)(=O)Cc1nc2ccccc2n1CC(=O)Nc1ccc(OCc2ccccc2)cc1. The first-order valence-electron chi connectivity index (χ1n) is 10.1. The summed E-state index contributed by atoms with van der Waals surface area (Å²) >= 11 is 0. The van der Waals surface area contributed by atoms with Gasteiger partial charge in [0.2, 0.25) is 5.91 Å². The third-order valence-electron chi connectivity index (χ3n) is 4.81. The Hall–Kier alpha value is -3.65. The molecule has 164 valence electrons. The zero-order valence-corrected chi connectivity index (χ0v) is 18.4. The molecule has 0 radical (unpaired) electrons. The van der Waals surface area contributed by atoms with Crippen LogP contribution < -0.4 is 10.1 Å². The number of benzene rings is 3. The number of ether oxygens (including phenoxy) is 1. The van der Waals surface area contributed by atoms with Crippen LogP contribution in [0.2, 0.25) is 0 Å². The Labute approximate surface area is 186 Å². The van der Waals surface area contributed by atoms with Crippen molar-refractivity contribution >= 4 is 32.5 Å². The number of rotatable bonds is 8. The van der Waals surface area contributed by atoms with Gasteiger partial charge in [-0.25, -0.2) is 13.4 Å². The van der Waals surface area contributed by atoms with E-state index >= 15 is 0 Å². The van der Waals surface area contributed by atoms with E-state index in [-0.39, 0.29) is 18.2 Å².